The zero-order valence-corrected chi connectivity index (χ0v) is 18.1. The highest BCUT2D eigenvalue weighted by atomic mass is 16.5. The van der Waals surface area contributed by atoms with Gasteiger partial charge in [-0.2, -0.15) is 0 Å². The number of ether oxygens (including phenoxy) is 2. The van der Waals surface area contributed by atoms with Crippen LogP contribution in [-0.2, 0) is 23.9 Å². The molecule has 2 aromatic rings. The van der Waals surface area contributed by atoms with E-state index in [9.17, 15) is 14.4 Å². The third-order valence-corrected chi connectivity index (χ3v) is 7.35. The van der Waals surface area contributed by atoms with Crippen LogP contribution in [0.3, 0.4) is 0 Å². The van der Waals surface area contributed by atoms with E-state index in [4.69, 9.17) is 9.47 Å². The molecule has 0 N–H and O–H groups in total. The summed E-state index contributed by atoms with van der Waals surface area (Å²) in [6.45, 7) is 1.88. The Labute approximate surface area is 191 Å². The maximum absolute atomic E-state index is 14.0. The zero-order valence-electron chi connectivity index (χ0n) is 18.1. The number of Topliss-reactive ketones (excluding diaryl/α,β-unsaturated/α-hetero) is 1. The molecular weight excluding hydrogens is 418 g/mol. The Morgan fingerprint density at radius 1 is 1.03 bits per heavy atom. The molecule has 5 atom stereocenters. The fourth-order valence-electron chi connectivity index (χ4n) is 6.20. The molecule has 2 aromatic carbocycles. The smallest absolute Gasteiger partial charge is 0.337 e. The Morgan fingerprint density at radius 2 is 1.70 bits per heavy atom. The summed E-state index contributed by atoms with van der Waals surface area (Å²) in [6.07, 6.45) is 4.70. The Morgan fingerprint density at radius 3 is 2.39 bits per heavy atom. The number of hydrogen-bond donors (Lipinski definition) is 0. The van der Waals surface area contributed by atoms with Gasteiger partial charge in [0.05, 0.1) is 12.2 Å². The van der Waals surface area contributed by atoms with Gasteiger partial charge in [-0.1, -0.05) is 60.7 Å². The van der Waals surface area contributed by atoms with Crippen molar-refractivity contribution >= 4 is 29.1 Å². The van der Waals surface area contributed by atoms with E-state index in [1.807, 2.05) is 36.4 Å². The highest BCUT2D eigenvalue weighted by Crippen LogP contribution is 2.61. The maximum atomic E-state index is 14.0. The van der Waals surface area contributed by atoms with Crippen LogP contribution in [0.2, 0.25) is 0 Å². The molecule has 4 aliphatic rings. The molecule has 166 valence electrons. The molecule has 6 rings (SSSR count). The predicted molar refractivity (Wildman–Crippen MR) is 121 cm³/mol. The molecule has 6 heteroatoms. The van der Waals surface area contributed by atoms with E-state index >= 15 is 0 Å². The van der Waals surface area contributed by atoms with Crippen LogP contribution < -0.4 is 4.90 Å². The van der Waals surface area contributed by atoms with Gasteiger partial charge in [-0.15, -0.1) is 0 Å². The SMILES string of the molecule is CCOC(=O)C12C(=C(c3ccccc3)OC3C4C=CC(C4)C31)C(=O)C(=O)N2c1ccccc1. The van der Waals surface area contributed by atoms with Crippen molar-refractivity contribution in [3.8, 4) is 0 Å². The summed E-state index contributed by atoms with van der Waals surface area (Å²) >= 11 is 0. The molecule has 1 saturated heterocycles. The topological polar surface area (TPSA) is 72.9 Å². The van der Waals surface area contributed by atoms with Crippen LogP contribution in [0.1, 0.15) is 18.9 Å². The van der Waals surface area contributed by atoms with Crippen molar-refractivity contribution in [2.75, 3.05) is 11.5 Å². The molecule has 2 aliphatic carbocycles. The van der Waals surface area contributed by atoms with Crippen molar-refractivity contribution in [1.29, 1.82) is 0 Å². The molecule has 6 nitrogen and oxygen atoms in total. The second-order valence-corrected chi connectivity index (χ2v) is 8.92. The number of para-hydroxylation sites is 1. The van der Waals surface area contributed by atoms with Crippen molar-refractivity contribution in [1.82, 2.24) is 0 Å². The molecule has 0 spiro atoms. The van der Waals surface area contributed by atoms with Gasteiger partial charge in [-0.05, 0) is 31.4 Å². The quantitative estimate of drug-likeness (QED) is 0.412. The van der Waals surface area contributed by atoms with Crippen LogP contribution in [0.15, 0.2) is 78.4 Å². The number of rotatable bonds is 4. The van der Waals surface area contributed by atoms with Gasteiger partial charge in [0.25, 0.3) is 5.78 Å². The lowest BCUT2D eigenvalue weighted by molar-refractivity contribution is -0.153. The minimum Gasteiger partial charge on any atom is -0.488 e. The minimum atomic E-state index is -1.58. The normalized spacial score (nSPS) is 31.5. The first-order valence-corrected chi connectivity index (χ1v) is 11.3. The first-order valence-electron chi connectivity index (χ1n) is 11.3. The molecule has 0 aromatic heterocycles. The molecule has 2 fully saturated rings. The van der Waals surface area contributed by atoms with Crippen molar-refractivity contribution in [3.63, 3.8) is 0 Å². The fraction of sp³-hybridized carbons (Fsp3) is 0.296. The van der Waals surface area contributed by atoms with Crippen LogP contribution in [0.25, 0.3) is 5.76 Å². The molecule has 0 radical (unpaired) electrons. The summed E-state index contributed by atoms with van der Waals surface area (Å²) < 4.78 is 12.2. The van der Waals surface area contributed by atoms with E-state index in [1.54, 1.807) is 31.2 Å². The molecule has 2 heterocycles. The predicted octanol–water partition coefficient (Wildman–Crippen LogP) is 3.54. The Hall–Kier alpha value is -3.67. The van der Waals surface area contributed by atoms with E-state index in [0.29, 0.717) is 17.0 Å². The van der Waals surface area contributed by atoms with E-state index in [2.05, 4.69) is 12.2 Å². The molecule has 5 unspecified atom stereocenters. The summed E-state index contributed by atoms with van der Waals surface area (Å²) in [5.74, 6) is -2.01. The third-order valence-electron chi connectivity index (χ3n) is 7.35. The first-order chi connectivity index (χ1) is 16.1. The summed E-state index contributed by atoms with van der Waals surface area (Å²) in [7, 11) is 0. The number of carbonyl (C=O) groups is 3. The second-order valence-electron chi connectivity index (χ2n) is 8.92. The molecule has 1 amide bonds. The molecule has 2 bridgehead atoms. The van der Waals surface area contributed by atoms with Crippen LogP contribution >= 0.6 is 0 Å². The van der Waals surface area contributed by atoms with E-state index < -0.39 is 29.1 Å². The monoisotopic (exact) mass is 441 g/mol. The molecular formula is C27H23NO5. The van der Waals surface area contributed by atoms with Gasteiger partial charge in [0.2, 0.25) is 0 Å². The maximum Gasteiger partial charge on any atom is 0.337 e. The van der Waals surface area contributed by atoms with Crippen molar-refractivity contribution in [3.05, 3.63) is 84.0 Å². The Kier molecular flexibility index (Phi) is 4.34. The Bertz CT molecular complexity index is 1220. The fourth-order valence-corrected chi connectivity index (χ4v) is 6.20. The van der Waals surface area contributed by atoms with Crippen molar-refractivity contribution in [2.24, 2.45) is 17.8 Å². The largest absolute Gasteiger partial charge is 0.488 e. The van der Waals surface area contributed by atoms with Gasteiger partial charge < -0.3 is 9.47 Å². The van der Waals surface area contributed by atoms with Crippen LogP contribution in [0, 0.1) is 17.8 Å². The number of anilines is 1. The van der Waals surface area contributed by atoms with Crippen molar-refractivity contribution < 1.29 is 23.9 Å². The number of benzene rings is 2. The van der Waals surface area contributed by atoms with Crippen LogP contribution in [-0.4, -0.2) is 35.9 Å². The summed E-state index contributed by atoms with van der Waals surface area (Å²) in [5, 5.41) is 0. The zero-order chi connectivity index (χ0) is 22.7. The standard InChI is InChI=1S/C27H23NO5/c1-2-32-26(31)27-20-17-13-14-18(15-17)24(20)33-23(16-9-5-3-6-10-16)21(27)22(29)25(30)28(27)19-11-7-4-8-12-19/h3-14,17-18,20,24H,2,15H2,1H3. The van der Waals surface area contributed by atoms with Crippen LogP contribution in [0.4, 0.5) is 5.69 Å². The number of hydrogen-bond acceptors (Lipinski definition) is 5. The van der Waals surface area contributed by atoms with Gasteiger partial charge in [-0.3, -0.25) is 14.5 Å². The highest BCUT2D eigenvalue weighted by molar-refractivity contribution is 6.54. The highest BCUT2D eigenvalue weighted by Gasteiger charge is 2.73. The van der Waals surface area contributed by atoms with Crippen molar-refractivity contribution in [2.45, 2.75) is 25.0 Å². The van der Waals surface area contributed by atoms with Gasteiger partial charge in [-0.25, -0.2) is 4.79 Å². The minimum absolute atomic E-state index is 0.00152. The number of allylic oxidation sites excluding steroid dienone is 1. The van der Waals surface area contributed by atoms with E-state index in [1.165, 1.54) is 4.90 Å². The van der Waals surface area contributed by atoms with Crippen LogP contribution in [0.5, 0.6) is 0 Å². The number of esters is 1. The lowest BCUT2D eigenvalue weighted by Crippen LogP contribution is -2.64. The lowest BCUT2D eigenvalue weighted by atomic mass is 9.67. The van der Waals surface area contributed by atoms with Gasteiger partial charge in [0.1, 0.15) is 11.9 Å². The summed E-state index contributed by atoms with van der Waals surface area (Å²) in [4.78, 5) is 42.7. The lowest BCUT2D eigenvalue weighted by Gasteiger charge is -2.48. The first kappa shape index (κ1) is 20.0. The van der Waals surface area contributed by atoms with E-state index in [-0.39, 0.29) is 30.1 Å². The Balaban J connectivity index is 1.70. The average molecular weight is 441 g/mol. The number of nitrogens with zero attached hydrogens (tertiary/aromatic N) is 1. The third kappa shape index (κ3) is 2.52. The molecule has 33 heavy (non-hydrogen) atoms. The molecule has 2 aliphatic heterocycles. The number of carbonyl (C=O) groups excluding carboxylic acids is 3. The molecule has 1 saturated carbocycles. The summed E-state index contributed by atoms with van der Waals surface area (Å²) in [6, 6.07) is 18.2. The number of ketones is 1. The number of fused-ring (bicyclic) bond motifs is 7. The summed E-state index contributed by atoms with van der Waals surface area (Å²) in [5.41, 5.74) is -0.312. The van der Waals surface area contributed by atoms with E-state index in [0.717, 1.165) is 6.42 Å². The van der Waals surface area contributed by atoms with Gasteiger partial charge in [0.15, 0.2) is 5.54 Å². The van der Waals surface area contributed by atoms with Gasteiger partial charge in [0, 0.05) is 23.1 Å². The second kappa shape index (κ2) is 7.17. The average Bonchev–Trinajstić information content (AvgIpc) is 3.52. The van der Waals surface area contributed by atoms with Gasteiger partial charge >= 0.3 is 11.9 Å². The number of amides is 1.